The topological polar surface area (TPSA) is 91.3 Å². The summed E-state index contributed by atoms with van der Waals surface area (Å²) in [5, 5.41) is -0.753. The molecule has 0 radical (unpaired) electrons. The summed E-state index contributed by atoms with van der Waals surface area (Å²) >= 11 is 3.08. The largest absolute Gasteiger partial charge is 0.772 e. The van der Waals surface area contributed by atoms with Crippen molar-refractivity contribution >= 4 is 37.8 Å². The number of sulfone groups is 1. The SMILES string of the molecule is CCc1cc(C2(S(=O)[O-])CC2)c(S(C)(=O)=O)cc1C(=O)Cl. The number of halogens is 1. The number of carbonyl (C=O) groups excluding carboxylic acids is 1. The fraction of sp³-hybridized carbons (Fsp3) is 0.462. The first-order valence-electron chi connectivity index (χ1n) is 6.30. The van der Waals surface area contributed by atoms with Gasteiger partial charge in [0.05, 0.1) is 9.64 Å². The third-order valence-electron chi connectivity index (χ3n) is 3.71. The molecule has 0 aromatic heterocycles. The highest BCUT2D eigenvalue weighted by molar-refractivity contribution is 7.90. The van der Waals surface area contributed by atoms with Crippen molar-refractivity contribution in [3.05, 3.63) is 28.8 Å². The molecule has 1 atom stereocenters. The second kappa shape index (κ2) is 5.46. The van der Waals surface area contributed by atoms with Crippen molar-refractivity contribution in [2.24, 2.45) is 0 Å². The number of aryl methyl sites for hydroxylation is 1. The van der Waals surface area contributed by atoms with Crippen molar-refractivity contribution in [3.63, 3.8) is 0 Å². The van der Waals surface area contributed by atoms with Crippen LogP contribution in [0.5, 0.6) is 0 Å². The minimum Gasteiger partial charge on any atom is -0.772 e. The molecule has 0 amide bonds. The number of carbonyl (C=O) groups is 1. The van der Waals surface area contributed by atoms with E-state index in [1.165, 1.54) is 12.1 Å². The number of hydrogen-bond acceptors (Lipinski definition) is 5. The summed E-state index contributed by atoms with van der Waals surface area (Å²) in [7, 11) is -3.68. The van der Waals surface area contributed by atoms with E-state index < -0.39 is 30.9 Å². The highest BCUT2D eigenvalue weighted by atomic mass is 35.5. The summed E-state index contributed by atoms with van der Waals surface area (Å²) < 4.78 is 45.8. The van der Waals surface area contributed by atoms with Gasteiger partial charge in [0.25, 0.3) is 5.24 Å². The van der Waals surface area contributed by atoms with E-state index in [2.05, 4.69) is 0 Å². The fourth-order valence-corrected chi connectivity index (χ4v) is 4.41. The molecule has 0 spiro atoms. The van der Waals surface area contributed by atoms with Crippen molar-refractivity contribution in [2.75, 3.05) is 6.26 Å². The van der Waals surface area contributed by atoms with E-state index in [1.807, 2.05) is 0 Å². The van der Waals surface area contributed by atoms with Crippen LogP contribution < -0.4 is 0 Å². The molecule has 1 fully saturated rings. The molecule has 116 valence electrons. The quantitative estimate of drug-likeness (QED) is 0.598. The highest BCUT2D eigenvalue weighted by Gasteiger charge is 2.48. The van der Waals surface area contributed by atoms with E-state index >= 15 is 0 Å². The van der Waals surface area contributed by atoms with Gasteiger partial charge in [0.1, 0.15) is 0 Å². The predicted molar refractivity (Wildman–Crippen MR) is 78.9 cm³/mol. The van der Waals surface area contributed by atoms with Crippen molar-refractivity contribution in [1.82, 2.24) is 0 Å². The van der Waals surface area contributed by atoms with Crippen LogP contribution in [0.25, 0.3) is 0 Å². The molecule has 2 rings (SSSR count). The zero-order chi connectivity index (χ0) is 16.0. The maximum absolute atomic E-state index is 12.0. The maximum Gasteiger partial charge on any atom is 0.252 e. The van der Waals surface area contributed by atoms with Gasteiger partial charge in [-0.25, -0.2) is 8.42 Å². The van der Waals surface area contributed by atoms with E-state index in [9.17, 15) is 22.0 Å². The Morgan fingerprint density at radius 2 is 2.00 bits per heavy atom. The molecule has 21 heavy (non-hydrogen) atoms. The highest BCUT2D eigenvalue weighted by Crippen LogP contribution is 2.52. The Morgan fingerprint density at radius 3 is 2.33 bits per heavy atom. The molecule has 1 aromatic carbocycles. The standard InChI is InChI=1S/C13H15ClO5S2/c1-3-8-6-10(13(4-5-13)20(16)17)11(21(2,18)19)7-9(8)12(14)15/h6-7H,3-5H2,1-2H3,(H,16,17)/p-1. The normalized spacial score (nSPS) is 18.3. The Hall–Kier alpha value is -0.760. The lowest BCUT2D eigenvalue weighted by molar-refractivity contribution is 0.108. The average molecular weight is 350 g/mol. The summed E-state index contributed by atoms with van der Waals surface area (Å²) in [4.78, 5) is 11.3. The summed E-state index contributed by atoms with van der Waals surface area (Å²) in [6, 6.07) is 2.70. The summed E-state index contributed by atoms with van der Waals surface area (Å²) in [6.07, 6.45) is 2.20. The van der Waals surface area contributed by atoms with Crippen LogP contribution in [0.2, 0.25) is 0 Å². The van der Waals surface area contributed by atoms with Crippen LogP contribution in [-0.2, 0) is 32.1 Å². The Kier molecular flexibility index (Phi) is 4.32. The first kappa shape index (κ1) is 16.6. The molecule has 1 aliphatic rings. The van der Waals surface area contributed by atoms with Crippen LogP contribution in [0.4, 0.5) is 0 Å². The first-order chi connectivity index (χ1) is 9.63. The van der Waals surface area contributed by atoms with Crippen molar-refractivity contribution in [3.8, 4) is 0 Å². The molecule has 0 bridgehead atoms. The zero-order valence-corrected chi connectivity index (χ0v) is 13.9. The zero-order valence-electron chi connectivity index (χ0n) is 11.5. The molecule has 1 saturated carbocycles. The number of rotatable bonds is 5. The third-order valence-corrected chi connectivity index (χ3v) is 6.32. The molecule has 0 saturated heterocycles. The van der Waals surface area contributed by atoms with Gasteiger partial charge in [0.15, 0.2) is 9.84 Å². The van der Waals surface area contributed by atoms with Gasteiger partial charge in [-0.1, -0.05) is 13.0 Å². The predicted octanol–water partition coefficient (Wildman–Crippen LogP) is 1.90. The minimum absolute atomic E-state index is 0.107. The Labute approximate surface area is 130 Å². The van der Waals surface area contributed by atoms with Gasteiger partial charge < -0.3 is 4.55 Å². The van der Waals surface area contributed by atoms with Crippen molar-refractivity contribution in [2.45, 2.75) is 35.8 Å². The van der Waals surface area contributed by atoms with Crippen LogP contribution in [0, 0.1) is 0 Å². The monoisotopic (exact) mass is 349 g/mol. The van der Waals surface area contributed by atoms with Crippen LogP contribution >= 0.6 is 11.6 Å². The van der Waals surface area contributed by atoms with Gasteiger partial charge in [0, 0.05) is 11.8 Å². The van der Waals surface area contributed by atoms with Crippen molar-refractivity contribution in [1.29, 1.82) is 0 Å². The summed E-state index contributed by atoms with van der Waals surface area (Å²) in [6.45, 7) is 1.79. The molecule has 0 N–H and O–H groups in total. The van der Waals surface area contributed by atoms with Crippen LogP contribution in [0.15, 0.2) is 17.0 Å². The fourth-order valence-electron chi connectivity index (χ4n) is 2.40. The second-order valence-corrected chi connectivity index (χ2v) is 8.71. The van der Waals surface area contributed by atoms with Crippen molar-refractivity contribution < 1.29 is 22.0 Å². The third kappa shape index (κ3) is 2.92. The molecule has 0 aliphatic heterocycles. The lowest BCUT2D eigenvalue weighted by atomic mass is 10.00. The van der Waals surface area contributed by atoms with Crippen LogP contribution in [0.1, 0.15) is 41.3 Å². The molecule has 8 heteroatoms. The Balaban J connectivity index is 2.81. The minimum atomic E-state index is -3.68. The lowest BCUT2D eigenvalue weighted by Gasteiger charge is -2.23. The van der Waals surface area contributed by atoms with E-state index in [-0.39, 0.29) is 16.0 Å². The smallest absolute Gasteiger partial charge is 0.252 e. The molecular weight excluding hydrogens is 336 g/mol. The lowest BCUT2D eigenvalue weighted by Crippen LogP contribution is -2.19. The summed E-state index contributed by atoms with van der Waals surface area (Å²) in [5.41, 5.74) is 0.904. The van der Waals surface area contributed by atoms with Gasteiger partial charge >= 0.3 is 0 Å². The average Bonchev–Trinajstić information content (AvgIpc) is 3.17. The molecule has 0 heterocycles. The molecule has 5 nitrogen and oxygen atoms in total. The van der Waals surface area contributed by atoms with Gasteiger partial charge in [-0.2, -0.15) is 0 Å². The van der Waals surface area contributed by atoms with Crippen LogP contribution in [0.3, 0.4) is 0 Å². The van der Waals surface area contributed by atoms with Gasteiger partial charge in [0.2, 0.25) is 0 Å². The van der Waals surface area contributed by atoms with E-state index in [0.717, 1.165) is 6.26 Å². The summed E-state index contributed by atoms with van der Waals surface area (Å²) in [5.74, 6) is 0. The molecule has 1 unspecified atom stereocenters. The van der Waals surface area contributed by atoms with E-state index in [4.69, 9.17) is 11.6 Å². The molecule has 1 aliphatic carbocycles. The van der Waals surface area contributed by atoms with E-state index in [1.54, 1.807) is 6.92 Å². The molecule has 1 aromatic rings. The van der Waals surface area contributed by atoms with Gasteiger partial charge in [-0.3, -0.25) is 9.00 Å². The number of benzene rings is 1. The second-order valence-electron chi connectivity index (χ2n) is 5.13. The number of hydrogen-bond donors (Lipinski definition) is 0. The van der Waals surface area contributed by atoms with Crippen LogP contribution in [-0.4, -0.2) is 28.7 Å². The molecular formula is C13H14ClO5S2-. The van der Waals surface area contributed by atoms with Gasteiger partial charge in [-0.05, 0) is 59.1 Å². The Bertz CT molecular complexity index is 735. The Morgan fingerprint density at radius 1 is 1.43 bits per heavy atom. The maximum atomic E-state index is 12.0. The van der Waals surface area contributed by atoms with Gasteiger partial charge in [-0.15, -0.1) is 0 Å². The first-order valence-corrected chi connectivity index (χ1v) is 9.64. The van der Waals surface area contributed by atoms with E-state index in [0.29, 0.717) is 24.8 Å².